The van der Waals surface area contributed by atoms with Crippen LogP contribution in [0.2, 0.25) is 0 Å². The molecule has 0 spiro atoms. The molecule has 0 radical (unpaired) electrons. The van der Waals surface area contributed by atoms with Crippen LogP contribution >= 0.6 is 0 Å². The lowest BCUT2D eigenvalue weighted by Gasteiger charge is -2.11. The molecular weight excluding hydrogens is 286 g/mol. The molecule has 1 aliphatic heterocycles. The fourth-order valence-corrected chi connectivity index (χ4v) is 1.99. The molecule has 0 aromatic heterocycles. The van der Waals surface area contributed by atoms with Gasteiger partial charge in [0.25, 0.3) is 5.91 Å². The number of hydrogen-bond donors (Lipinski definition) is 1. The maximum atomic E-state index is 11.7. The minimum atomic E-state index is -0.797. The van der Waals surface area contributed by atoms with Crippen LogP contribution in [0, 0.1) is 0 Å². The molecule has 1 amide bonds. The molecule has 1 aliphatic carbocycles. The number of carbonyl (C=O) groups excluding carboxylic acids is 2. The Balaban J connectivity index is 1.53. The molecule has 0 saturated heterocycles. The third kappa shape index (κ3) is 3.58. The lowest BCUT2D eigenvalue weighted by atomic mass is 10.2. The van der Waals surface area contributed by atoms with E-state index in [-0.39, 0.29) is 18.7 Å². The van der Waals surface area contributed by atoms with Gasteiger partial charge in [-0.1, -0.05) is 6.07 Å². The molecule has 1 aromatic rings. The molecule has 1 fully saturated rings. The molecule has 6 nitrogen and oxygen atoms in total. The average molecular weight is 303 g/mol. The average Bonchev–Trinajstić information content (AvgIpc) is 3.19. The highest BCUT2D eigenvalue weighted by atomic mass is 16.7. The molecule has 2 aliphatic rings. The maximum absolute atomic E-state index is 11.7. The van der Waals surface area contributed by atoms with Crippen molar-refractivity contribution in [2.75, 3.05) is 6.79 Å². The molecule has 1 heterocycles. The number of ether oxygens (including phenoxy) is 3. The molecule has 0 bridgehead atoms. The topological polar surface area (TPSA) is 73.9 Å². The van der Waals surface area contributed by atoms with Crippen molar-refractivity contribution in [1.82, 2.24) is 5.32 Å². The summed E-state index contributed by atoms with van der Waals surface area (Å²) in [6.45, 7) is 1.77. The molecule has 22 heavy (non-hydrogen) atoms. The van der Waals surface area contributed by atoms with E-state index in [1.165, 1.54) is 6.08 Å². The Hall–Kier alpha value is -2.50. The van der Waals surface area contributed by atoms with E-state index in [1.54, 1.807) is 31.2 Å². The normalized spacial score (nSPS) is 17.3. The van der Waals surface area contributed by atoms with Gasteiger partial charge in [0.05, 0.1) is 0 Å². The first-order valence-corrected chi connectivity index (χ1v) is 7.20. The van der Waals surface area contributed by atoms with Gasteiger partial charge in [-0.05, 0) is 43.5 Å². The molecule has 0 unspecified atom stereocenters. The summed E-state index contributed by atoms with van der Waals surface area (Å²) < 4.78 is 15.5. The number of benzene rings is 1. The quantitative estimate of drug-likeness (QED) is 0.661. The smallest absolute Gasteiger partial charge is 0.331 e. The molecular formula is C16H17NO5. The Kier molecular flexibility index (Phi) is 4.00. The largest absolute Gasteiger partial charge is 0.454 e. The van der Waals surface area contributed by atoms with Crippen molar-refractivity contribution in [2.45, 2.75) is 31.9 Å². The summed E-state index contributed by atoms with van der Waals surface area (Å²) in [4.78, 5) is 23.4. The maximum Gasteiger partial charge on any atom is 0.331 e. The van der Waals surface area contributed by atoms with Crippen molar-refractivity contribution in [2.24, 2.45) is 0 Å². The van der Waals surface area contributed by atoms with E-state index in [2.05, 4.69) is 5.32 Å². The Bertz CT molecular complexity index is 621. The highest BCUT2D eigenvalue weighted by Gasteiger charge is 2.26. The van der Waals surface area contributed by atoms with Crippen molar-refractivity contribution >= 4 is 18.0 Å². The molecule has 3 rings (SSSR count). The predicted molar refractivity (Wildman–Crippen MR) is 78.3 cm³/mol. The minimum Gasteiger partial charge on any atom is -0.454 e. The molecule has 1 aromatic carbocycles. The lowest BCUT2D eigenvalue weighted by molar-refractivity contribution is -0.150. The van der Waals surface area contributed by atoms with Crippen LogP contribution in [0.4, 0.5) is 0 Å². The number of nitrogens with one attached hydrogen (secondary N) is 1. The second kappa shape index (κ2) is 6.09. The monoisotopic (exact) mass is 303 g/mol. The van der Waals surface area contributed by atoms with Gasteiger partial charge in [-0.3, -0.25) is 4.79 Å². The van der Waals surface area contributed by atoms with E-state index >= 15 is 0 Å². The van der Waals surface area contributed by atoms with Gasteiger partial charge in [-0.15, -0.1) is 0 Å². The summed E-state index contributed by atoms with van der Waals surface area (Å²) in [5, 5.41) is 2.79. The Morgan fingerprint density at radius 2 is 2.09 bits per heavy atom. The lowest BCUT2D eigenvalue weighted by Crippen LogP contribution is -2.36. The number of carbonyl (C=O) groups is 2. The summed E-state index contributed by atoms with van der Waals surface area (Å²) in [6.07, 6.45) is 4.09. The summed E-state index contributed by atoms with van der Waals surface area (Å²) in [5.74, 6) is 0.515. The first-order valence-electron chi connectivity index (χ1n) is 7.20. The Morgan fingerprint density at radius 1 is 1.32 bits per heavy atom. The van der Waals surface area contributed by atoms with Crippen molar-refractivity contribution in [3.05, 3.63) is 29.8 Å². The molecule has 116 valence electrons. The summed E-state index contributed by atoms with van der Waals surface area (Å²) in [6, 6.07) is 5.60. The first-order chi connectivity index (χ1) is 10.6. The van der Waals surface area contributed by atoms with Crippen molar-refractivity contribution in [1.29, 1.82) is 0 Å². The number of amides is 1. The number of fused-ring (bicyclic) bond motifs is 1. The van der Waals surface area contributed by atoms with E-state index in [1.807, 2.05) is 0 Å². The molecule has 1 atom stereocenters. The van der Waals surface area contributed by atoms with Gasteiger partial charge < -0.3 is 19.5 Å². The third-order valence-corrected chi connectivity index (χ3v) is 3.39. The zero-order valence-electron chi connectivity index (χ0n) is 12.2. The van der Waals surface area contributed by atoms with Crippen LogP contribution in [0.15, 0.2) is 24.3 Å². The van der Waals surface area contributed by atoms with Gasteiger partial charge in [0, 0.05) is 12.1 Å². The fraction of sp³-hybridized carbons (Fsp3) is 0.375. The SMILES string of the molecule is C[C@@H](OC(=O)/C=C/c1ccc2c(c1)OCO2)C(=O)NC1CC1. The van der Waals surface area contributed by atoms with Crippen LogP contribution in [-0.4, -0.2) is 30.8 Å². The van der Waals surface area contributed by atoms with Crippen LogP contribution in [0.1, 0.15) is 25.3 Å². The zero-order valence-corrected chi connectivity index (χ0v) is 12.2. The highest BCUT2D eigenvalue weighted by Crippen LogP contribution is 2.32. The second-order valence-corrected chi connectivity index (χ2v) is 5.31. The fourth-order valence-electron chi connectivity index (χ4n) is 1.99. The van der Waals surface area contributed by atoms with E-state index in [9.17, 15) is 9.59 Å². The number of esters is 1. The number of hydrogen-bond acceptors (Lipinski definition) is 5. The van der Waals surface area contributed by atoms with Crippen molar-refractivity contribution in [3.8, 4) is 11.5 Å². The van der Waals surface area contributed by atoms with E-state index < -0.39 is 12.1 Å². The van der Waals surface area contributed by atoms with Crippen LogP contribution < -0.4 is 14.8 Å². The highest BCUT2D eigenvalue weighted by molar-refractivity contribution is 5.90. The zero-order chi connectivity index (χ0) is 15.5. The van der Waals surface area contributed by atoms with Crippen LogP contribution in [-0.2, 0) is 14.3 Å². The molecule has 1 saturated carbocycles. The van der Waals surface area contributed by atoms with Gasteiger partial charge >= 0.3 is 5.97 Å². The van der Waals surface area contributed by atoms with Crippen molar-refractivity contribution < 1.29 is 23.8 Å². The van der Waals surface area contributed by atoms with Gasteiger partial charge in [-0.25, -0.2) is 4.79 Å². The van der Waals surface area contributed by atoms with Gasteiger partial charge in [-0.2, -0.15) is 0 Å². The standard InChI is InChI=1S/C16H17NO5/c1-10(16(19)17-12-4-5-12)22-15(18)7-3-11-2-6-13-14(8-11)21-9-20-13/h2-3,6-8,10,12H,4-5,9H2,1H3,(H,17,19)/b7-3+/t10-/m1/s1. The Labute approximate surface area is 128 Å². The predicted octanol–water partition coefficient (Wildman–Crippen LogP) is 1.64. The van der Waals surface area contributed by atoms with Gasteiger partial charge in [0.1, 0.15) is 0 Å². The van der Waals surface area contributed by atoms with Crippen LogP contribution in [0.5, 0.6) is 11.5 Å². The third-order valence-electron chi connectivity index (χ3n) is 3.39. The molecule has 6 heteroatoms. The summed E-state index contributed by atoms with van der Waals surface area (Å²) in [7, 11) is 0. The van der Waals surface area contributed by atoms with Gasteiger partial charge in [0.2, 0.25) is 6.79 Å². The van der Waals surface area contributed by atoms with Gasteiger partial charge in [0.15, 0.2) is 17.6 Å². The van der Waals surface area contributed by atoms with Crippen molar-refractivity contribution in [3.63, 3.8) is 0 Å². The van der Waals surface area contributed by atoms with E-state index in [0.29, 0.717) is 11.5 Å². The van der Waals surface area contributed by atoms with Crippen LogP contribution in [0.3, 0.4) is 0 Å². The minimum absolute atomic E-state index is 0.207. The second-order valence-electron chi connectivity index (χ2n) is 5.31. The first kappa shape index (κ1) is 14.4. The molecule has 1 N–H and O–H groups in total. The van der Waals surface area contributed by atoms with Crippen LogP contribution in [0.25, 0.3) is 6.08 Å². The summed E-state index contributed by atoms with van der Waals surface area (Å²) in [5.41, 5.74) is 0.788. The summed E-state index contributed by atoms with van der Waals surface area (Å²) >= 11 is 0. The van der Waals surface area contributed by atoms with E-state index in [4.69, 9.17) is 14.2 Å². The van der Waals surface area contributed by atoms with E-state index in [0.717, 1.165) is 18.4 Å². The Morgan fingerprint density at radius 3 is 2.86 bits per heavy atom. The number of rotatable bonds is 5.